The van der Waals surface area contributed by atoms with E-state index < -0.39 is 5.92 Å². The second-order valence-corrected chi connectivity index (χ2v) is 8.44. The Morgan fingerprint density at radius 2 is 1.59 bits per heavy atom. The molecule has 0 fully saturated rings. The number of nitrogens with zero attached hydrogens (tertiary/aromatic N) is 1. The molecule has 0 radical (unpaired) electrons. The summed E-state index contributed by atoms with van der Waals surface area (Å²) in [5, 5.41) is 3.26. The number of hydrogen-bond donors (Lipinski definition) is 0. The van der Waals surface area contributed by atoms with E-state index in [1.54, 1.807) is 0 Å². The zero-order chi connectivity index (χ0) is 21.7. The smallest absolute Gasteiger partial charge is 0.166 e. The standard InChI is InChI=1S/C29H21NO2/c31-18-25-28(22-13-4-5-15-24(22)30(25)17-19-8-2-1-3-9-19)29-23-14-7-11-20-10-6-12-21(27(20)23)16-26(29)32/h1-15,18,29H,16-17H2. The number of aromatic nitrogens is 1. The number of Topliss-reactive ketones (excluding diaryl/α,β-unsaturated/α-hetero) is 1. The van der Waals surface area contributed by atoms with E-state index in [0.717, 1.165) is 50.2 Å². The highest BCUT2D eigenvalue weighted by Gasteiger charge is 2.34. The van der Waals surface area contributed by atoms with Gasteiger partial charge in [-0.05, 0) is 33.5 Å². The van der Waals surface area contributed by atoms with Crippen LogP contribution in [0.1, 0.15) is 38.7 Å². The monoisotopic (exact) mass is 415 g/mol. The maximum absolute atomic E-state index is 13.6. The Morgan fingerprint density at radius 1 is 0.844 bits per heavy atom. The molecule has 154 valence electrons. The van der Waals surface area contributed by atoms with Crippen LogP contribution in [0.4, 0.5) is 0 Å². The molecule has 1 aliphatic carbocycles. The van der Waals surface area contributed by atoms with E-state index in [-0.39, 0.29) is 5.78 Å². The van der Waals surface area contributed by atoms with Gasteiger partial charge in [0.25, 0.3) is 0 Å². The first kappa shape index (κ1) is 18.8. The molecule has 1 atom stereocenters. The van der Waals surface area contributed by atoms with Gasteiger partial charge in [0.1, 0.15) is 5.78 Å². The number of carbonyl (C=O) groups excluding carboxylic acids is 2. The van der Waals surface area contributed by atoms with Crippen LogP contribution >= 0.6 is 0 Å². The fourth-order valence-electron chi connectivity index (χ4n) is 5.33. The summed E-state index contributed by atoms with van der Waals surface area (Å²) in [4.78, 5) is 26.1. The van der Waals surface area contributed by atoms with Crippen molar-refractivity contribution in [2.75, 3.05) is 0 Å². The highest BCUT2D eigenvalue weighted by atomic mass is 16.1. The van der Waals surface area contributed by atoms with E-state index in [1.165, 1.54) is 0 Å². The van der Waals surface area contributed by atoms with Crippen molar-refractivity contribution in [2.45, 2.75) is 18.9 Å². The van der Waals surface area contributed by atoms with Gasteiger partial charge in [0.2, 0.25) is 0 Å². The lowest BCUT2D eigenvalue weighted by molar-refractivity contribution is -0.119. The van der Waals surface area contributed by atoms with Crippen LogP contribution in [-0.4, -0.2) is 16.6 Å². The Bertz CT molecular complexity index is 1510. The van der Waals surface area contributed by atoms with Gasteiger partial charge in [0.05, 0.1) is 11.6 Å². The molecule has 1 unspecified atom stereocenters. The SMILES string of the molecule is O=Cc1c(C2C(=O)Cc3cccc4cccc2c34)c2ccccc2n1Cc1ccccc1. The molecule has 3 nitrogen and oxygen atoms in total. The number of hydrogen-bond acceptors (Lipinski definition) is 2. The number of ketones is 1. The molecule has 0 spiro atoms. The summed E-state index contributed by atoms with van der Waals surface area (Å²) in [5.41, 5.74) is 5.58. The van der Waals surface area contributed by atoms with Gasteiger partial charge in [-0.25, -0.2) is 0 Å². The number of aldehydes is 1. The molecule has 1 aromatic heterocycles. The Kier molecular flexibility index (Phi) is 4.29. The van der Waals surface area contributed by atoms with Crippen molar-refractivity contribution < 1.29 is 9.59 Å². The molecule has 0 aliphatic heterocycles. The summed E-state index contributed by atoms with van der Waals surface area (Å²) in [7, 11) is 0. The van der Waals surface area contributed by atoms with Crippen molar-refractivity contribution in [2.24, 2.45) is 0 Å². The minimum Gasteiger partial charge on any atom is -0.334 e. The van der Waals surface area contributed by atoms with E-state index in [2.05, 4.69) is 28.8 Å². The maximum atomic E-state index is 13.6. The average molecular weight is 415 g/mol. The van der Waals surface area contributed by atoms with E-state index in [4.69, 9.17) is 0 Å². The number of carbonyl (C=O) groups is 2. The van der Waals surface area contributed by atoms with Gasteiger partial charge in [0, 0.05) is 29.4 Å². The van der Waals surface area contributed by atoms with Gasteiger partial charge >= 0.3 is 0 Å². The van der Waals surface area contributed by atoms with Crippen LogP contribution in [0.5, 0.6) is 0 Å². The predicted molar refractivity (Wildman–Crippen MR) is 127 cm³/mol. The fraction of sp³-hybridized carbons (Fsp3) is 0.103. The lowest BCUT2D eigenvalue weighted by Gasteiger charge is -2.25. The molecule has 32 heavy (non-hydrogen) atoms. The van der Waals surface area contributed by atoms with Crippen molar-refractivity contribution in [3.8, 4) is 0 Å². The van der Waals surface area contributed by atoms with Crippen LogP contribution in [0.15, 0.2) is 91.0 Å². The van der Waals surface area contributed by atoms with Crippen molar-refractivity contribution in [1.29, 1.82) is 0 Å². The van der Waals surface area contributed by atoms with Crippen LogP contribution < -0.4 is 0 Å². The topological polar surface area (TPSA) is 39.1 Å². The molecule has 3 heteroatoms. The first-order valence-corrected chi connectivity index (χ1v) is 10.9. The summed E-state index contributed by atoms with van der Waals surface area (Å²) in [6.45, 7) is 0.580. The summed E-state index contributed by atoms with van der Waals surface area (Å²) < 4.78 is 2.06. The molecule has 6 rings (SSSR count). The molecule has 1 heterocycles. The molecule has 0 amide bonds. The molecule has 5 aromatic rings. The van der Waals surface area contributed by atoms with Gasteiger partial charge in [-0.3, -0.25) is 9.59 Å². The minimum absolute atomic E-state index is 0.141. The minimum atomic E-state index is -0.448. The van der Waals surface area contributed by atoms with Crippen LogP contribution in [0.3, 0.4) is 0 Å². The largest absolute Gasteiger partial charge is 0.334 e. The van der Waals surface area contributed by atoms with Crippen LogP contribution in [0.2, 0.25) is 0 Å². The highest BCUT2D eigenvalue weighted by molar-refractivity contribution is 6.08. The number of benzene rings is 4. The summed E-state index contributed by atoms with van der Waals surface area (Å²) >= 11 is 0. The maximum Gasteiger partial charge on any atom is 0.166 e. The first-order chi connectivity index (χ1) is 15.8. The van der Waals surface area contributed by atoms with E-state index in [9.17, 15) is 9.59 Å². The fourth-order valence-corrected chi connectivity index (χ4v) is 5.33. The zero-order valence-electron chi connectivity index (χ0n) is 17.5. The van der Waals surface area contributed by atoms with Crippen molar-refractivity contribution in [1.82, 2.24) is 4.57 Å². The Balaban J connectivity index is 1.65. The predicted octanol–water partition coefficient (Wildman–Crippen LogP) is 5.91. The second-order valence-electron chi connectivity index (χ2n) is 8.44. The molecular formula is C29H21NO2. The van der Waals surface area contributed by atoms with Crippen molar-refractivity contribution in [3.63, 3.8) is 0 Å². The van der Waals surface area contributed by atoms with Crippen LogP contribution in [0, 0.1) is 0 Å². The van der Waals surface area contributed by atoms with Gasteiger partial charge in [-0.15, -0.1) is 0 Å². The van der Waals surface area contributed by atoms with Crippen molar-refractivity contribution in [3.05, 3.63) is 119 Å². The molecule has 1 aliphatic rings. The number of rotatable bonds is 4. The molecule has 0 saturated heterocycles. The summed E-state index contributed by atoms with van der Waals surface area (Å²) in [5.74, 6) is -0.308. The van der Waals surface area contributed by atoms with E-state index in [0.29, 0.717) is 18.7 Å². The lowest BCUT2D eigenvalue weighted by Crippen LogP contribution is -2.22. The first-order valence-electron chi connectivity index (χ1n) is 10.9. The lowest BCUT2D eigenvalue weighted by atomic mass is 9.76. The average Bonchev–Trinajstić information content (AvgIpc) is 3.13. The number of para-hydroxylation sites is 1. The Labute approximate surface area is 185 Å². The molecular weight excluding hydrogens is 394 g/mol. The normalized spacial score (nSPS) is 15.4. The van der Waals surface area contributed by atoms with E-state index >= 15 is 0 Å². The third-order valence-electron chi connectivity index (χ3n) is 6.66. The number of fused-ring (bicyclic) bond motifs is 1. The summed E-state index contributed by atoms with van der Waals surface area (Å²) in [6, 6.07) is 30.5. The van der Waals surface area contributed by atoms with Crippen molar-refractivity contribution >= 4 is 33.7 Å². The molecule has 0 bridgehead atoms. The Hall–Kier alpha value is -3.98. The summed E-state index contributed by atoms with van der Waals surface area (Å²) in [6.07, 6.45) is 1.31. The Morgan fingerprint density at radius 3 is 2.41 bits per heavy atom. The molecule has 0 saturated carbocycles. The molecule has 4 aromatic carbocycles. The third kappa shape index (κ3) is 2.75. The van der Waals surface area contributed by atoms with Crippen LogP contribution in [0.25, 0.3) is 21.7 Å². The third-order valence-corrected chi connectivity index (χ3v) is 6.66. The van der Waals surface area contributed by atoms with Crippen LogP contribution in [-0.2, 0) is 17.8 Å². The zero-order valence-corrected chi connectivity index (χ0v) is 17.5. The molecule has 0 N–H and O–H groups in total. The van der Waals surface area contributed by atoms with E-state index in [1.807, 2.05) is 66.7 Å². The van der Waals surface area contributed by atoms with Gasteiger partial charge in [0.15, 0.2) is 6.29 Å². The highest BCUT2D eigenvalue weighted by Crippen LogP contribution is 2.43. The second kappa shape index (κ2) is 7.31. The van der Waals surface area contributed by atoms with Gasteiger partial charge in [-0.1, -0.05) is 84.9 Å². The van der Waals surface area contributed by atoms with Gasteiger partial charge in [-0.2, -0.15) is 0 Å². The van der Waals surface area contributed by atoms with Gasteiger partial charge < -0.3 is 4.57 Å². The quantitative estimate of drug-likeness (QED) is 0.342.